The predicted molar refractivity (Wildman–Crippen MR) is 56.6 cm³/mol. The zero-order chi connectivity index (χ0) is 11.4. The van der Waals surface area contributed by atoms with Gasteiger partial charge in [-0.2, -0.15) is 0 Å². The third kappa shape index (κ3) is 3.32. The first-order valence-corrected chi connectivity index (χ1v) is 4.82. The predicted octanol–water partition coefficient (Wildman–Crippen LogP) is 1.35. The summed E-state index contributed by atoms with van der Waals surface area (Å²) < 4.78 is 12.9. The number of nitrogens with two attached hydrogens (primary N) is 1. The summed E-state index contributed by atoms with van der Waals surface area (Å²) in [5.41, 5.74) is 6.13. The molecule has 1 amide bonds. The van der Waals surface area contributed by atoms with Crippen LogP contribution in [0.5, 0.6) is 0 Å². The van der Waals surface area contributed by atoms with Gasteiger partial charge in [-0.05, 0) is 31.5 Å². The fourth-order valence-corrected chi connectivity index (χ4v) is 1.20. The Bertz CT molecular complexity index is 352. The molecule has 0 saturated heterocycles. The van der Waals surface area contributed by atoms with E-state index in [0.717, 1.165) is 5.56 Å². The quantitative estimate of drug-likeness (QED) is 0.791. The molecule has 0 aliphatic carbocycles. The van der Waals surface area contributed by atoms with Crippen LogP contribution in [-0.2, 0) is 4.79 Å². The highest BCUT2D eigenvalue weighted by Gasteiger charge is 2.12. The highest BCUT2D eigenvalue weighted by atomic mass is 19.1. The molecular weight excluding hydrogens is 195 g/mol. The minimum atomic E-state index is -0.555. The van der Waals surface area contributed by atoms with Gasteiger partial charge in [0.05, 0.1) is 12.1 Å². The van der Waals surface area contributed by atoms with E-state index < -0.39 is 6.04 Å². The topological polar surface area (TPSA) is 55.1 Å². The third-order valence-electron chi connectivity index (χ3n) is 2.12. The molecule has 0 heterocycles. The van der Waals surface area contributed by atoms with Crippen LogP contribution in [0.2, 0.25) is 0 Å². The Morgan fingerprint density at radius 1 is 1.47 bits per heavy atom. The molecule has 1 aromatic rings. The van der Waals surface area contributed by atoms with Gasteiger partial charge in [-0.25, -0.2) is 4.39 Å². The zero-order valence-corrected chi connectivity index (χ0v) is 8.83. The van der Waals surface area contributed by atoms with Crippen LogP contribution in [0.3, 0.4) is 0 Å². The molecule has 0 aliphatic heterocycles. The van der Waals surface area contributed by atoms with E-state index in [1.165, 1.54) is 12.1 Å². The van der Waals surface area contributed by atoms with E-state index in [9.17, 15) is 9.18 Å². The van der Waals surface area contributed by atoms with Crippen molar-refractivity contribution >= 4 is 5.91 Å². The molecular formula is C11H15FN2O. The number of nitrogens with one attached hydrogen (secondary N) is 1. The number of hydrogen-bond acceptors (Lipinski definition) is 2. The van der Waals surface area contributed by atoms with Gasteiger partial charge in [0.25, 0.3) is 0 Å². The molecule has 4 heteroatoms. The number of hydrogen-bond donors (Lipinski definition) is 2. The second kappa shape index (κ2) is 4.89. The number of carbonyl (C=O) groups is 1. The molecule has 0 radical (unpaired) electrons. The molecule has 0 saturated carbocycles. The first kappa shape index (κ1) is 11.7. The molecule has 0 unspecified atom stereocenters. The van der Waals surface area contributed by atoms with Crippen molar-refractivity contribution in [3.63, 3.8) is 0 Å². The van der Waals surface area contributed by atoms with Gasteiger partial charge in [0.1, 0.15) is 5.82 Å². The molecule has 0 bridgehead atoms. The van der Waals surface area contributed by atoms with Gasteiger partial charge in [0, 0.05) is 0 Å². The Kier molecular flexibility index (Phi) is 3.80. The van der Waals surface area contributed by atoms with Crippen molar-refractivity contribution in [2.75, 3.05) is 0 Å². The van der Waals surface area contributed by atoms with Gasteiger partial charge in [-0.15, -0.1) is 0 Å². The Labute approximate surface area is 88.5 Å². The highest BCUT2D eigenvalue weighted by molar-refractivity contribution is 5.81. The van der Waals surface area contributed by atoms with Gasteiger partial charge in [0.2, 0.25) is 5.91 Å². The lowest BCUT2D eigenvalue weighted by Crippen LogP contribution is -2.39. The summed E-state index contributed by atoms with van der Waals surface area (Å²) in [6.07, 6.45) is 0. The fraction of sp³-hybridized carbons (Fsp3) is 0.364. The van der Waals surface area contributed by atoms with Crippen LogP contribution in [0.1, 0.15) is 25.5 Å². The monoisotopic (exact) mass is 210 g/mol. The molecule has 0 spiro atoms. The smallest absolute Gasteiger partial charge is 0.237 e. The van der Waals surface area contributed by atoms with E-state index in [2.05, 4.69) is 5.32 Å². The second-order valence-electron chi connectivity index (χ2n) is 3.57. The normalized spacial score (nSPS) is 14.4. The molecule has 3 N–H and O–H groups in total. The molecule has 0 aromatic heterocycles. The van der Waals surface area contributed by atoms with Crippen molar-refractivity contribution in [2.45, 2.75) is 25.9 Å². The number of halogens is 1. The second-order valence-corrected chi connectivity index (χ2v) is 3.57. The maximum Gasteiger partial charge on any atom is 0.237 e. The maximum absolute atomic E-state index is 12.9. The van der Waals surface area contributed by atoms with Crippen molar-refractivity contribution < 1.29 is 9.18 Å². The average molecular weight is 210 g/mol. The summed E-state index contributed by atoms with van der Waals surface area (Å²) in [7, 11) is 0. The van der Waals surface area contributed by atoms with E-state index in [0.29, 0.717) is 0 Å². The summed E-state index contributed by atoms with van der Waals surface area (Å²) in [4.78, 5) is 11.3. The van der Waals surface area contributed by atoms with E-state index in [4.69, 9.17) is 5.73 Å². The summed E-state index contributed by atoms with van der Waals surface area (Å²) in [5.74, 6) is -0.554. The van der Waals surface area contributed by atoms with Crippen LogP contribution < -0.4 is 11.1 Å². The average Bonchev–Trinajstić information content (AvgIpc) is 2.17. The molecule has 15 heavy (non-hydrogen) atoms. The highest BCUT2D eigenvalue weighted by Crippen LogP contribution is 2.13. The molecule has 1 rings (SSSR count). The summed E-state index contributed by atoms with van der Waals surface area (Å²) >= 11 is 0. The molecule has 0 fully saturated rings. The Balaban J connectivity index is 2.69. The minimum Gasteiger partial charge on any atom is -0.348 e. The third-order valence-corrected chi connectivity index (χ3v) is 2.12. The van der Waals surface area contributed by atoms with Gasteiger partial charge in [-0.1, -0.05) is 12.1 Å². The molecule has 3 nitrogen and oxygen atoms in total. The lowest BCUT2D eigenvalue weighted by Gasteiger charge is -2.15. The first-order valence-electron chi connectivity index (χ1n) is 4.82. The van der Waals surface area contributed by atoms with Crippen molar-refractivity contribution in [1.82, 2.24) is 5.32 Å². The van der Waals surface area contributed by atoms with Crippen LogP contribution >= 0.6 is 0 Å². The summed E-state index contributed by atoms with van der Waals surface area (Å²) in [6, 6.07) is 5.34. The van der Waals surface area contributed by atoms with E-state index >= 15 is 0 Å². The zero-order valence-electron chi connectivity index (χ0n) is 8.83. The van der Waals surface area contributed by atoms with Crippen molar-refractivity contribution in [2.24, 2.45) is 5.73 Å². The van der Waals surface area contributed by atoms with Crippen LogP contribution in [0.25, 0.3) is 0 Å². The Hall–Kier alpha value is -1.42. The standard InChI is InChI=1S/C11H15FN2O/c1-7(13)11(15)14-8(2)9-4-3-5-10(12)6-9/h3-8H,13H2,1-2H3,(H,14,15)/t7-,8+/m1/s1. The summed E-state index contributed by atoms with van der Waals surface area (Å²) in [6.45, 7) is 3.39. The van der Waals surface area contributed by atoms with E-state index in [-0.39, 0.29) is 17.8 Å². The van der Waals surface area contributed by atoms with Crippen molar-refractivity contribution in [1.29, 1.82) is 0 Å². The largest absolute Gasteiger partial charge is 0.348 e. The van der Waals surface area contributed by atoms with Gasteiger partial charge in [0.15, 0.2) is 0 Å². The Morgan fingerprint density at radius 3 is 2.67 bits per heavy atom. The number of rotatable bonds is 3. The lowest BCUT2D eigenvalue weighted by molar-refractivity contribution is -0.122. The van der Waals surface area contributed by atoms with Gasteiger partial charge >= 0.3 is 0 Å². The molecule has 82 valence electrons. The number of carbonyl (C=O) groups excluding carboxylic acids is 1. The van der Waals surface area contributed by atoms with Crippen LogP contribution in [-0.4, -0.2) is 11.9 Å². The van der Waals surface area contributed by atoms with Crippen molar-refractivity contribution in [3.05, 3.63) is 35.6 Å². The van der Waals surface area contributed by atoms with Gasteiger partial charge in [-0.3, -0.25) is 4.79 Å². The minimum absolute atomic E-state index is 0.237. The van der Waals surface area contributed by atoms with Gasteiger partial charge < -0.3 is 11.1 Å². The lowest BCUT2D eigenvalue weighted by atomic mass is 10.1. The summed E-state index contributed by atoms with van der Waals surface area (Å²) in [5, 5.41) is 2.69. The van der Waals surface area contributed by atoms with Crippen LogP contribution in [0.4, 0.5) is 4.39 Å². The van der Waals surface area contributed by atoms with Crippen molar-refractivity contribution in [3.8, 4) is 0 Å². The molecule has 1 aromatic carbocycles. The number of amides is 1. The SMILES string of the molecule is C[C@H](NC(=O)[C@@H](C)N)c1cccc(F)c1. The first-order chi connectivity index (χ1) is 7.00. The molecule has 0 aliphatic rings. The number of benzene rings is 1. The molecule has 2 atom stereocenters. The van der Waals surface area contributed by atoms with Crippen LogP contribution in [0.15, 0.2) is 24.3 Å². The van der Waals surface area contributed by atoms with E-state index in [1.807, 2.05) is 0 Å². The van der Waals surface area contributed by atoms with Crippen LogP contribution in [0, 0.1) is 5.82 Å². The van der Waals surface area contributed by atoms with E-state index in [1.54, 1.807) is 26.0 Å². The fourth-order valence-electron chi connectivity index (χ4n) is 1.20. The maximum atomic E-state index is 12.9. The Morgan fingerprint density at radius 2 is 2.13 bits per heavy atom.